The molecule has 0 spiro atoms. The molecule has 0 bridgehead atoms. The Morgan fingerprint density at radius 3 is 2.30 bits per heavy atom. The maximum absolute atomic E-state index is 12.9. The molecule has 0 amide bonds. The first-order valence-corrected chi connectivity index (χ1v) is 8.52. The molecule has 1 fully saturated rings. The van der Waals surface area contributed by atoms with Gasteiger partial charge in [0.2, 0.25) is 0 Å². The molecule has 0 aromatic heterocycles. The van der Waals surface area contributed by atoms with Gasteiger partial charge < -0.3 is 4.74 Å². The van der Waals surface area contributed by atoms with Gasteiger partial charge in [0.15, 0.2) is 0 Å². The summed E-state index contributed by atoms with van der Waals surface area (Å²) in [4.78, 5) is 25.1. The maximum atomic E-state index is 12.9. The first-order valence-electron chi connectivity index (χ1n) is 8.52. The van der Waals surface area contributed by atoms with Gasteiger partial charge in [-0.05, 0) is 56.2 Å². The largest absolute Gasteiger partial charge is 0.469 e. The van der Waals surface area contributed by atoms with Crippen LogP contribution in [-0.4, -0.2) is 18.9 Å². The summed E-state index contributed by atoms with van der Waals surface area (Å²) in [5, 5.41) is 0. The lowest BCUT2D eigenvalue weighted by Gasteiger charge is -2.33. The monoisotopic (exact) mass is 316 g/mol. The van der Waals surface area contributed by atoms with Gasteiger partial charge in [-0.2, -0.15) is 0 Å². The van der Waals surface area contributed by atoms with Crippen LogP contribution in [0.15, 0.2) is 12.1 Å². The molecule has 3 heteroatoms. The number of rotatable bonds is 4. The van der Waals surface area contributed by atoms with Crippen LogP contribution in [0.25, 0.3) is 0 Å². The number of ketones is 1. The van der Waals surface area contributed by atoms with Gasteiger partial charge in [-0.1, -0.05) is 31.0 Å². The summed E-state index contributed by atoms with van der Waals surface area (Å²) in [5.41, 5.74) is 4.65. The molecule has 1 aromatic carbocycles. The van der Waals surface area contributed by atoms with Crippen molar-refractivity contribution in [3.63, 3.8) is 0 Å². The molecule has 1 aromatic rings. The molecule has 3 atom stereocenters. The highest BCUT2D eigenvalue weighted by atomic mass is 16.5. The number of aryl methyl sites for hydroxylation is 3. The van der Waals surface area contributed by atoms with Crippen molar-refractivity contribution in [3.8, 4) is 0 Å². The Balaban J connectivity index is 2.23. The highest BCUT2D eigenvalue weighted by molar-refractivity contribution is 5.89. The normalized spacial score (nSPS) is 24.3. The van der Waals surface area contributed by atoms with Gasteiger partial charge in [-0.25, -0.2) is 0 Å². The van der Waals surface area contributed by atoms with Crippen LogP contribution in [0, 0.1) is 38.5 Å². The number of hydrogen-bond acceptors (Lipinski definition) is 3. The number of esters is 1. The molecule has 0 heterocycles. The van der Waals surface area contributed by atoms with E-state index in [1.165, 1.54) is 12.7 Å². The molecule has 3 nitrogen and oxygen atoms in total. The molecule has 2 rings (SSSR count). The molecule has 1 aliphatic carbocycles. The lowest BCUT2D eigenvalue weighted by Crippen LogP contribution is -2.39. The van der Waals surface area contributed by atoms with E-state index in [-0.39, 0.29) is 29.5 Å². The quantitative estimate of drug-likeness (QED) is 0.790. The van der Waals surface area contributed by atoms with Gasteiger partial charge in [-0.3, -0.25) is 9.59 Å². The average Bonchev–Trinajstić information content (AvgIpc) is 2.49. The Morgan fingerprint density at radius 1 is 1.13 bits per heavy atom. The van der Waals surface area contributed by atoms with Crippen LogP contribution in [-0.2, 0) is 20.7 Å². The van der Waals surface area contributed by atoms with Gasteiger partial charge >= 0.3 is 5.97 Å². The molecular formula is C20H28O3. The highest BCUT2D eigenvalue weighted by Gasteiger charge is 2.40. The fraction of sp³-hybridized carbons (Fsp3) is 0.600. The number of ether oxygens (including phenoxy) is 1. The van der Waals surface area contributed by atoms with Crippen LogP contribution in [0.3, 0.4) is 0 Å². The van der Waals surface area contributed by atoms with Crippen molar-refractivity contribution in [2.45, 2.75) is 53.4 Å². The van der Waals surface area contributed by atoms with E-state index in [9.17, 15) is 9.59 Å². The van der Waals surface area contributed by atoms with Crippen molar-refractivity contribution in [1.82, 2.24) is 0 Å². The molecule has 0 radical (unpaired) electrons. The molecular weight excluding hydrogens is 288 g/mol. The third kappa shape index (κ3) is 3.82. The minimum atomic E-state index is -0.285. The van der Waals surface area contributed by atoms with E-state index in [0.717, 1.165) is 36.0 Å². The predicted octanol–water partition coefficient (Wildman–Crippen LogP) is 3.95. The van der Waals surface area contributed by atoms with E-state index in [1.807, 2.05) is 0 Å². The Kier molecular flexibility index (Phi) is 5.61. The van der Waals surface area contributed by atoms with Crippen LogP contribution < -0.4 is 0 Å². The molecule has 126 valence electrons. The number of hydrogen-bond donors (Lipinski definition) is 0. The number of benzene rings is 1. The summed E-state index contributed by atoms with van der Waals surface area (Å²) < 4.78 is 4.96. The molecule has 1 aliphatic rings. The summed E-state index contributed by atoms with van der Waals surface area (Å²) >= 11 is 0. The van der Waals surface area contributed by atoms with Crippen molar-refractivity contribution in [1.29, 1.82) is 0 Å². The topological polar surface area (TPSA) is 43.4 Å². The van der Waals surface area contributed by atoms with Gasteiger partial charge in [0.1, 0.15) is 5.78 Å². The fourth-order valence-corrected chi connectivity index (χ4v) is 4.10. The zero-order valence-corrected chi connectivity index (χ0v) is 14.9. The van der Waals surface area contributed by atoms with Crippen LogP contribution in [0.5, 0.6) is 0 Å². The van der Waals surface area contributed by atoms with Crippen LogP contribution in [0.4, 0.5) is 0 Å². The zero-order chi connectivity index (χ0) is 17.1. The standard InChI is InChI=1S/C20H28O3/c1-12-9-14(3)17(15(4)10-12)11-18(21)16-8-6-7-13(2)19(16)20(22)23-5/h9-10,13,16,19H,6-8,11H2,1-5H3. The number of methoxy groups -OCH3 is 1. The fourth-order valence-electron chi connectivity index (χ4n) is 4.10. The first kappa shape index (κ1) is 17.7. The van der Waals surface area contributed by atoms with Crippen molar-refractivity contribution >= 4 is 11.8 Å². The molecule has 3 unspecified atom stereocenters. The van der Waals surface area contributed by atoms with Crippen molar-refractivity contribution in [2.24, 2.45) is 17.8 Å². The van der Waals surface area contributed by atoms with Crippen molar-refractivity contribution in [3.05, 3.63) is 34.4 Å². The maximum Gasteiger partial charge on any atom is 0.309 e. The van der Waals surface area contributed by atoms with E-state index >= 15 is 0 Å². The van der Waals surface area contributed by atoms with E-state index < -0.39 is 0 Å². The third-order valence-electron chi connectivity index (χ3n) is 5.30. The Bertz CT molecular complexity index is 580. The Labute approximate surface area is 139 Å². The van der Waals surface area contributed by atoms with E-state index in [4.69, 9.17) is 4.74 Å². The SMILES string of the molecule is COC(=O)C1C(C)CCCC1C(=O)Cc1c(C)cc(C)cc1C. The summed E-state index contributed by atoms with van der Waals surface area (Å²) in [6.45, 7) is 8.25. The first-order chi connectivity index (χ1) is 10.8. The Hall–Kier alpha value is -1.64. The van der Waals surface area contributed by atoms with Gasteiger partial charge in [0.05, 0.1) is 13.0 Å². The van der Waals surface area contributed by atoms with Crippen LogP contribution >= 0.6 is 0 Å². The third-order valence-corrected chi connectivity index (χ3v) is 5.30. The number of carbonyl (C=O) groups is 2. The molecule has 0 N–H and O–H groups in total. The summed E-state index contributed by atoms with van der Waals surface area (Å²) in [6.07, 6.45) is 3.22. The minimum Gasteiger partial charge on any atom is -0.469 e. The lowest BCUT2D eigenvalue weighted by molar-refractivity contribution is -0.154. The average molecular weight is 316 g/mol. The highest BCUT2D eigenvalue weighted by Crippen LogP contribution is 2.37. The molecule has 23 heavy (non-hydrogen) atoms. The van der Waals surface area contributed by atoms with Crippen LogP contribution in [0.1, 0.15) is 48.4 Å². The zero-order valence-electron chi connectivity index (χ0n) is 14.9. The minimum absolute atomic E-state index is 0.182. The van der Waals surface area contributed by atoms with Gasteiger partial charge in [0.25, 0.3) is 0 Å². The summed E-state index contributed by atoms with van der Waals surface area (Å²) in [7, 11) is 1.42. The van der Waals surface area contributed by atoms with Gasteiger partial charge in [0, 0.05) is 12.3 Å². The smallest absolute Gasteiger partial charge is 0.309 e. The van der Waals surface area contributed by atoms with E-state index in [2.05, 4.69) is 39.8 Å². The summed E-state index contributed by atoms with van der Waals surface area (Å²) in [5.74, 6) is -0.320. The molecule has 1 saturated carbocycles. The van der Waals surface area contributed by atoms with Crippen molar-refractivity contribution < 1.29 is 14.3 Å². The molecule has 0 saturated heterocycles. The molecule has 0 aliphatic heterocycles. The Morgan fingerprint density at radius 2 is 1.74 bits per heavy atom. The van der Waals surface area contributed by atoms with E-state index in [0.29, 0.717) is 6.42 Å². The second-order valence-electron chi connectivity index (χ2n) is 7.08. The number of carbonyl (C=O) groups excluding carboxylic acids is 2. The van der Waals surface area contributed by atoms with Crippen LogP contribution in [0.2, 0.25) is 0 Å². The summed E-state index contributed by atoms with van der Waals surface area (Å²) in [6, 6.07) is 4.24. The number of Topliss-reactive ketones (excluding diaryl/α,β-unsaturated/α-hetero) is 1. The lowest BCUT2D eigenvalue weighted by atomic mass is 9.70. The second kappa shape index (κ2) is 7.29. The second-order valence-corrected chi connectivity index (χ2v) is 7.08. The van der Waals surface area contributed by atoms with Gasteiger partial charge in [-0.15, -0.1) is 0 Å². The van der Waals surface area contributed by atoms with Crippen molar-refractivity contribution in [2.75, 3.05) is 7.11 Å². The van der Waals surface area contributed by atoms with E-state index in [1.54, 1.807) is 0 Å². The predicted molar refractivity (Wildman–Crippen MR) is 91.4 cm³/mol.